The SMILES string of the molecule is O=C(NCc1cccs1)c1cc(-c2ccc(Cl)cc2Cl)on1. The Labute approximate surface area is 140 Å². The zero-order valence-corrected chi connectivity index (χ0v) is 13.5. The predicted molar refractivity (Wildman–Crippen MR) is 87.4 cm³/mol. The molecule has 22 heavy (non-hydrogen) atoms. The van der Waals surface area contributed by atoms with E-state index in [1.54, 1.807) is 35.6 Å². The van der Waals surface area contributed by atoms with Crippen molar-refractivity contribution in [1.82, 2.24) is 10.5 Å². The molecule has 2 heterocycles. The lowest BCUT2D eigenvalue weighted by molar-refractivity contribution is 0.0942. The second-order valence-electron chi connectivity index (χ2n) is 4.46. The first-order valence-electron chi connectivity index (χ1n) is 6.36. The van der Waals surface area contributed by atoms with Gasteiger partial charge in [-0.2, -0.15) is 0 Å². The smallest absolute Gasteiger partial charge is 0.273 e. The minimum Gasteiger partial charge on any atom is -0.355 e. The van der Waals surface area contributed by atoms with Crippen LogP contribution >= 0.6 is 34.5 Å². The largest absolute Gasteiger partial charge is 0.355 e. The number of hydrogen-bond donors (Lipinski definition) is 1. The van der Waals surface area contributed by atoms with E-state index >= 15 is 0 Å². The Morgan fingerprint density at radius 3 is 2.86 bits per heavy atom. The molecule has 0 radical (unpaired) electrons. The molecule has 1 amide bonds. The molecule has 2 aromatic heterocycles. The Kier molecular flexibility index (Phi) is 4.47. The number of benzene rings is 1. The molecule has 0 aliphatic carbocycles. The van der Waals surface area contributed by atoms with E-state index in [2.05, 4.69) is 10.5 Å². The number of nitrogens with zero attached hydrogens (tertiary/aromatic N) is 1. The Morgan fingerprint density at radius 1 is 1.27 bits per heavy atom. The number of carbonyl (C=O) groups excluding carboxylic acids is 1. The minimum atomic E-state index is -0.298. The van der Waals surface area contributed by atoms with Crippen molar-refractivity contribution < 1.29 is 9.32 Å². The van der Waals surface area contributed by atoms with Gasteiger partial charge in [0.15, 0.2) is 11.5 Å². The van der Waals surface area contributed by atoms with Crippen LogP contribution in [0.3, 0.4) is 0 Å². The van der Waals surface area contributed by atoms with Gasteiger partial charge >= 0.3 is 0 Å². The Balaban J connectivity index is 1.74. The van der Waals surface area contributed by atoms with E-state index in [-0.39, 0.29) is 11.6 Å². The van der Waals surface area contributed by atoms with Gasteiger partial charge in [0, 0.05) is 21.5 Å². The minimum absolute atomic E-state index is 0.206. The van der Waals surface area contributed by atoms with E-state index in [1.807, 2.05) is 17.5 Å². The molecular formula is C15H10Cl2N2O2S. The average molecular weight is 353 g/mol. The summed E-state index contributed by atoms with van der Waals surface area (Å²) in [6, 6.07) is 10.5. The topological polar surface area (TPSA) is 55.1 Å². The van der Waals surface area contributed by atoms with Gasteiger partial charge in [-0.3, -0.25) is 4.79 Å². The molecule has 0 saturated heterocycles. The van der Waals surface area contributed by atoms with Gasteiger partial charge < -0.3 is 9.84 Å². The predicted octanol–water partition coefficient (Wildman–Crippen LogP) is 4.64. The third kappa shape index (κ3) is 3.32. The van der Waals surface area contributed by atoms with Gasteiger partial charge in [-0.15, -0.1) is 11.3 Å². The van der Waals surface area contributed by atoms with Crippen molar-refractivity contribution >= 4 is 40.4 Å². The lowest BCUT2D eigenvalue weighted by Crippen LogP contribution is -2.22. The maximum absolute atomic E-state index is 12.0. The molecule has 0 atom stereocenters. The average Bonchev–Trinajstić information content (AvgIpc) is 3.16. The molecule has 3 rings (SSSR count). The zero-order chi connectivity index (χ0) is 15.5. The summed E-state index contributed by atoms with van der Waals surface area (Å²) in [6.07, 6.45) is 0. The number of halogens is 2. The van der Waals surface area contributed by atoms with Gasteiger partial charge in [-0.25, -0.2) is 0 Å². The highest BCUT2D eigenvalue weighted by atomic mass is 35.5. The molecule has 1 N–H and O–H groups in total. The first kappa shape index (κ1) is 15.1. The fourth-order valence-corrected chi connectivity index (χ4v) is 3.02. The van der Waals surface area contributed by atoms with Crippen LogP contribution in [0.15, 0.2) is 46.3 Å². The Morgan fingerprint density at radius 2 is 2.14 bits per heavy atom. The number of amides is 1. The number of hydrogen-bond acceptors (Lipinski definition) is 4. The monoisotopic (exact) mass is 352 g/mol. The highest BCUT2D eigenvalue weighted by Gasteiger charge is 2.15. The second kappa shape index (κ2) is 6.52. The molecular weight excluding hydrogens is 343 g/mol. The van der Waals surface area contributed by atoms with Gasteiger partial charge in [0.25, 0.3) is 5.91 Å². The number of rotatable bonds is 4. The lowest BCUT2D eigenvalue weighted by atomic mass is 10.1. The lowest BCUT2D eigenvalue weighted by Gasteiger charge is -2.00. The Bertz CT molecular complexity index is 800. The molecule has 4 nitrogen and oxygen atoms in total. The fourth-order valence-electron chi connectivity index (χ4n) is 1.87. The maximum Gasteiger partial charge on any atom is 0.273 e. The number of carbonyl (C=O) groups is 1. The van der Waals surface area contributed by atoms with Crippen LogP contribution in [0.1, 0.15) is 15.4 Å². The third-order valence-corrected chi connectivity index (χ3v) is 4.37. The van der Waals surface area contributed by atoms with Crippen LogP contribution < -0.4 is 5.32 Å². The Hall–Kier alpha value is -1.82. The summed E-state index contributed by atoms with van der Waals surface area (Å²) in [6.45, 7) is 0.459. The maximum atomic E-state index is 12.0. The summed E-state index contributed by atoms with van der Waals surface area (Å²) in [7, 11) is 0. The molecule has 3 aromatic rings. The van der Waals surface area contributed by atoms with Gasteiger partial charge in [0.2, 0.25) is 0 Å². The van der Waals surface area contributed by atoms with Gasteiger partial charge in [-0.1, -0.05) is 34.4 Å². The molecule has 0 spiro atoms. The molecule has 0 unspecified atom stereocenters. The van der Waals surface area contributed by atoms with Crippen LogP contribution in [0.4, 0.5) is 0 Å². The van der Waals surface area contributed by atoms with Crippen molar-refractivity contribution in [2.45, 2.75) is 6.54 Å². The highest BCUT2D eigenvalue weighted by Crippen LogP contribution is 2.30. The highest BCUT2D eigenvalue weighted by molar-refractivity contribution is 7.09. The standard InChI is InChI=1S/C15H10Cl2N2O2S/c16-9-3-4-11(12(17)6-9)14-7-13(19-21-14)15(20)18-8-10-2-1-5-22-10/h1-7H,8H2,(H,18,20). The summed E-state index contributed by atoms with van der Waals surface area (Å²) in [5.41, 5.74) is 0.841. The third-order valence-electron chi connectivity index (χ3n) is 2.94. The second-order valence-corrected chi connectivity index (χ2v) is 6.34. The van der Waals surface area contributed by atoms with Crippen LogP contribution in [0.2, 0.25) is 10.0 Å². The van der Waals surface area contributed by atoms with E-state index < -0.39 is 0 Å². The summed E-state index contributed by atoms with van der Waals surface area (Å²) in [5, 5.41) is 9.49. The number of thiophene rings is 1. The molecule has 0 aliphatic heterocycles. The van der Waals surface area contributed by atoms with Gasteiger partial charge in [0.05, 0.1) is 11.6 Å². The molecule has 1 aromatic carbocycles. The van der Waals surface area contributed by atoms with Crippen LogP contribution in [-0.2, 0) is 6.54 Å². The number of aromatic nitrogens is 1. The van der Waals surface area contributed by atoms with Crippen LogP contribution in [0.25, 0.3) is 11.3 Å². The summed E-state index contributed by atoms with van der Waals surface area (Å²) < 4.78 is 5.19. The molecule has 7 heteroatoms. The van der Waals surface area contributed by atoms with E-state index in [9.17, 15) is 4.79 Å². The van der Waals surface area contributed by atoms with Crippen molar-refractivity contribution in [3.63, 3.8) is 0 Å². The van der Waals surface area contributed by atoms with E-state index in [0.717, 1.165) is 4.88 Å². The van der Waals surface area contributed by atoms with Crippen molar-refractivity contribution in [3.8, 4) is 11.3 Å². The first-order chi connectivity index (χ1) is 10.6. The quantitative estimate of drug-likeness (QED) is 0.743. The van der Waals surface area contributed by atoms with Gasteiger partial charge in [0.1, 0.15) is 0 Å². The summed E-state index contributed by atoms with van der Waals surface area (Å²) in [5.74, 6) is 0.122. The van der Waals surface area contributed by atoms with Crippen molar-refractivity contribution in [2.75, 3.05) is 0 Å². The van der Waals surface area contributed by atoms with Crippen LogP contribution in [-0.4, -0.2) is 11.1 Å². The molecule has 0 aliphatic rings. The zero-order valence-electron chi connectivity index (χ0n) is 11.2. The van der Waals surface area contributed by atoms with Crippen LogP contribution in [0.5, 0.6) is 0 Å². The van der Waals surface area contributed by atoms with E-state index in [1.165, 1.54) is 0 Å². The normalized spacial score (nSPS) is 10.6. The molecule has 0 saturated carbocycles. The summed E-state index contributed by atoms with van der Waals surface area (Å²) >= 11 is 13.5. The summed E-state index contributed by atoms with van der Waals surface area (Å²) in [4.78, 5) is 13.1. The van der Waals surface area contributed by atoms with Gasteiger partial charge in [-0.05, 0) is 29.6 Å². The van der Waals surface area contributed by atoms with Crippen molar-refractivity contribution in [1.29, 1.82) is 0 Å². The van der Waals surface area contributed by atoms with Crippen molar-refractivity contribution in [2.24, 2.45) is 0 Å². The molecule has 0 bridgehead atoms. The van der Waals surface area contributed by atoms with Crippen molar-refractivity contribution in [3.05, 3.63) is 62.4 Å². The molecule has 0 fully saturated rings. The fraction of sp³-hybridized carbons (Fsp3) is 0.0667. The van der Waals surface area contributed by atoms with E-state index in [0.29, 0.717) is 27.9 Å². The first-order valence-corrected chi connectivity index (χ1v) is 8.00. The molecule has 112 valence electrons. The van der Waals surface area contributed by atoms with E-state index in [4.69, 9.17) is 27.7 Å². The van der Waals surface area contributed by atoms with Crippen LogP contribution in [0, 0.1) is 0 Å². The number of nitrogens with one attached hydrogen (secondary N) is 1.